The first-order chi connectivity index (χ1) is 47.9. The van der Waals surface area contributed by atoms with Gasteiger partial charge in [-0.15, -0.1) is 0 Å². The fraction of sp³-hybridized carbons (Fsp3) is 0.950. The minimum atomic E-state index is -4.96. The van der Waals surface area contributed by atoms with Crippen LogP contribution in [0.3, 0.4) is 0 Å². The van der Waals surface area contributed by atoms with Gasteiger partial charge in [-0.3, -0.25) is 37.3 Å². The molecule has 0 aliphatic carbocycles. The summed E-state index contributed by atoms with van der Waals surface area (Å²) in [5, 5.41) is 10.6. The normalized spacial score (nSPS) is 14.2. The van der Waals surface area contributed by atoms with Gasteiger partial charge in [0.15, 0.2) is 12.2 Å². The summed E-state index contributed by atoms with van der Waals surface area (Å²) in [7, 11) is -9.91. The predicted molar refractivity (Wildman–Crippen MR) is 405 cm³/mol. The van der Waals surface area contributed by atoms with Gasteiger partial charge in [0.2, 0.25) is 0 Å². The number of rotatable bonds is 79. The lowest BCUT2D eigenvalue weighted by Crippen LogP contribution is -2.30. The molecule has 0 rings (SSSR count). The van der Waals surface area contributed by atoms with Gasteiger partial charge in [-0.05, 0) is 37.5 Å². The number of carbonyl (C=O) groups excluding carboxylic acids is 4. The molecule has 0 amide bonds. The van der Waals surface area contributed by atoms with E-state index in [0.29, 0.717) is 31.6 Å². The number of hydrogen-bond acceptors (Lipinski definition) is 15. The first kappa shape index (κ1) is 97.1. The summed E-state index contributed by atoms with van der Waals surface area (Å²) in [6.07, 6.45) is 61.6. The summed E-state index contributed by atoms with van der Waals surface area (Å²) in [5.41, 5.74) is 0. The van der Waals surface area contributed by atoms with Crippen molar-refractivity contribution in [2.24, 2.45) is 11.8 Å². The summed E-state index contributed by atoms with van der Waals surface area (Å²) in [6.45, 7) is 9.48. The third-order valence-electron chi connectivity index (χ3n) is 19.1. The molecule has 3 N–H and O–H groups in total. The van der Waals surface area contributed by atoms with Crippen molar-refractivity contribution in [3.63, 3.8) is 0 Å². The first-order valence-corrected chi connectivity index (χ1v) is 44.5. The highest BCUT2D eigenvalue weighted by molar-refractivity contribution is 7.47. The van der Waals surface area contributed by atoms with Crippen molar-refractivity contribution in [1.29, 1.82) is 0 Å². The molecule has 0 aliphatic heterocycles. The van der Waals surface area contributed by atoms with Crippen molar-refractivity contribution in [3.05, 3.63) is 0 Å². The number of phosphoric ester groups is 2. The molecule has 0 spiro atoms. The molecule has 6 atom stereocenters. The van der Waals surface area contributed by atoms with Gasteiger partial charge in [-0.1, -0.05) is 369 Å². The summed E-state index contributed by atoms with van der Waals surface area (Å²) < 4.78 is 68.6. The highest BCUT2D eigenvalue weighted by Gasteiger charge is 2.30. The number of carbonyl (C=O) groups is 4. The van der Waals surface area contributed by atoms with Gasteiger partial charge in [-0.25, -0.2) is 9.13 Å². The van der Waals surface area contributed by atoms with Crippen LogP contribution in [-0.2, 0) is 65.4 Å². The van der Waals surface area contributed by atoms with E-state index >= 15 is 0 Å². The van der Waals surface area contributed by atoms with E-state index in [-0.39, 0.29) is 25.7 Å². The summed E-state index contributed by atoms with van der Waals surface area (Å²) in [4.78, 5) is 72.8. The SMILES string of the molecule is CCCCCCCCCCCCCCCCCCCCCCCCC(=O)O[C@H](COC(=O)CCCCCCCCCCCCCCCCCCCC)COP(=O)(O)OC[C@@H](O)COP(=O)(O)OC[C@@H](COC(=O)CCCCCCCCC(C)C)OC(=O)CCCCCCCCC(C)CC. The van der Waals surface area contributed by atoms with Crippen LogP contribution < -0.4 is 0 Å². The molecular formula is C80H156O17P2. The molecule has 0 saturated heterocycles. The van der Waals surface area contributed by atoms with Gasteiger partial charge in [0, 0.05) is 25.7 Å². The van der Waals surface area contributed by atoms with Crippen molar-refractivity contribution >= 4 is 39.5 Å². The minimum Gasteiger partial charge on any atom is -0.462 e. The van der Waals surface area contributed by atoms with E-state index in [1.807, 2.05) is 0 Å². The molecule has 99 heavy (non-hydrogen) atoms. The zero-order valence-electron chi connectivity index (χ0n) is 64.8. The maximum Gasteiger partial charge on any atom is 0.472 e. The number of phosphoric acid groups is 2. The standard InChI is InChI=1S/C80H156O17P2/c1-7-10-12-14-16-18-20-22-24-26-28-29-30-31-33-35-37-39-41-43-52-58-64-79(84)96-75(68-90-77(82)62-56-50-42-40-38-36-34-32-27-25-23-21-19-17-15-13-11-8-2)70-94-98(86,87)92-66-74(81)67-93-99(88,89)95-71-76(69-91-78(83)63-57-51-46-44-48-54-60-72(4)5)97-80(85)65-59-53-47-45-49-55-61-73(6)9-3/h72-76,81H,7-71H2,1-6H3,(H,86,87)(H,88,89)/t73?,74-,75-,76-/m1/s1. The molecule has 0 aromatic heterocycles. The molecule has 0 fully saturated rings. The smallest absolute Gasteiger partial charge is 0.462 e. The fourth-order valence-electron chi connectivity index (χ4n) is 12.3. The Labute approximate surface area is 607 Å². The monoisotopic (exact) mass is 1450 g/mol. The second kappa shape index (κ2) is 71.7. The summed E-state index contributed by atoms with van der Waals surface area (Å²) >= 11 is 0. The Bertz CT molecular complexity index is 1910. The number of ether oxygens (including phenoxy) is 4. The average molecular weight is 1450 g/mol. The molecule has 3 unspecified atom stereocenters. The Morgan fingerprint density at radius 2 is 0.515 bits per heavy atom. The molecule has 0 aromatic carbocycles. The third-order valence-corrected chi connectivity index (χ3v) is 21.0. The highest BCUT2D eigenvalue weighted by Crippen LogP contribution is 2.45. The molecule has 0 saturated carbocycles. The molecule has 0 aliphatic rings. The van der Waals surface area contributed by atoms with Crippen LogP contribution in [0.2, 0.25) is 0 Å². The van der Waals surface area contributed by atoms with Crippen molar-refractivity contribution in [2.45, 2.75) is 439 Å². The van der Waals surface area contributed by atoms with Crippen LogP contribution in [-0.4, -0.2) is 96.7 Å². The Balaban J connectivity index is 5.17. The molecule has 0 radical (unpaired) electrons. The molecule has 0 aromatic rings. The molecule has 0 heterocycles. The molecular weight excluding hydrogens is 1290 g/mol. The second-order valence-corrected chi connectivity index (χ2v) is 32.4. The second-order valence-electron chi connectivity index (χ2n) is 29.5. The fourth-order valence-corrected chi connectivity index (χ4v) is 13.9. The van der Waals surface area contributed by atoms with Crippen LogP contribution in [0.5, 0.6) is 0 Å². The number of esters is 4. The Morgan fingerprint density at radius 3 is 0.768 bits per heavy atom. The number of aliphatic hydroxyl groups excluding tert-OH is 1. The van der Waals surface area contributed by atoms with Crippen molar-refractivity contribution < 1.29 is 80.2 Å². The van der Waals surface area contributed by atoms with E-state index < -0.39 is 97.5 Å². The van der Waals surface area contributed by atoms with E-state index in [9.17, 15) is 43.2 Å². The van der Waals surface area contributed by atoms with E-state index in [4.69, 9.17) is 37.0 Å². The lowest BCUT2D eigenvalue weighted by Gasteiger charge is -2.21. The molecule has 588 valence electrons. The maximum absolute atomic E-state index is 13.1. The molecule has 19 heteroatoms. The van der Waals surface area contributed by atoms with Crippen molar-refractivity contribution in [3.8, 4) is 0 Å². The van der Waals surface area contributed by atoms with Gasteiger partial charge in [-0.2, -0.15) is 0 Å². The van der Waals surface area contributed by atoms with Gasteiger partial charge in [0.1, 0.15) is 19.3 Å². The number of aliphatic hydroxyl groups is 1. The van der Waals surface area contributed by atoms with Crippen LogP contribution in [0.25, 0.3) is 0 Å². The van der Waals surface area contributed by atoms with E-state index in [1.54, 1.807) is 0 Å². The number of hydrogen-bond donors (Lipinski definition) is 3. The lowest BCUT2D eigenvalue weighted by atomic mass is 10.00. The zero-order chi connectivity index (χ0) is 72.8. The Morgan fingerprint density at radius 1 is 0.293 bits per heavy atom. The Kier molecular flexibility index (Phi) is 70.3. The average Bonchev–Trinajstić information content (AvgIpc) is 1.01. The van der Waals surface area contributed by atoms with E-state index in [2.05, 4.69) is 41.5 Å². The number of unbranched alkanes of at least 4 members (excludes halogenated alkanes) is 48. The van der Waals surface area contributed by atoms with Gasteiger partial charge in [0.05, 0.1) is 26.4 Å². The van der Waals surface area contributed by atoms with E-state index in [0.717, 1.165) is 102 Å². The van der Waals surface area contributed by atoms with E-state index in [1.165, 1.54) is 231 Å². The zero-order valence-corrected chi connectivity index (χ0v) is 66.6. The Hall–Kier alpha value is -1.94. The predicted octanol–water partition coefficient (Wildman–Crippen LogP) is 23.9. The van der Waals surface area contributed by atoms with Crippen LogP contribution in [0.15, 0.2) is 0 Å². The van der Waals surface area contributed by atoms with Gasteiger partial charge in [0.25, 0.3) is 0 Å². The van der Waals surface area contributed by atoms with Crippen LogP contribution in [0, 0.1) is 11.8 Å². The molecule has 0 bridgehead atoms. The third kappa shape index (κ3) is 72.8. The van der Waals surface area contributed by atoms with Crippen LogP contribution in [0.1, 0.15) is 420 Å². The van der Waals surface area contributed by atoms with Gasteiger partial charge < -0.3 is 33.8 Å². The topological polar surface area (TPSA) is 237 Å². The van der Waals surface area contributed by atoms with Crippen LogP contribution >= 0.6 is 15.6 Å². The minimum absolute atomic E-state index is 0.102. The van der Waals surface area contributed by atoms with Gasteiger partial charge >= 0.3 is 39.5 Å². The van der Waals surface area contributed by atoms with Crippen molar-refractivity contribution in [1.82, 2.24) is 0 Å². The first-order valence-electron chi connectivity index (χ1n) is 41.5. The van der Waals surface area contributed by atoms with Crippen molar-refractivity contribution in [2.75, 3.05) is 39.6 Å². The largest absolute Gasteiger partial charge is 0.472 e. The highest BCUT2D eigenvalue weighted by atomic mass is 31.2. The quantitative estimate of drug-likeness (QED) is 0.0222. The summed E-state index contributed by atoms with van der Waals surface area (Å²) in [5.74, 6) is -0.719. The lowest BCUT2D eigenvalue weighted by molar-refractivity contribution is -0.161. The molecule has 17 nitrogen and oxygen atoms in total. The maximum atomic E-state index is 13.1. The van der Waals surface area contributed by atoms with Crippen LogP contribution in [0.4, 0.5) is 0 Å². The summed E-state index contributed by atoms with van der Waals surface area (Å²) in [6, 6.07) is 0.